The molecule has 31 heavy (non-hydrogen) atoms. The molecule has 0 radical (unpaired) electrons. The van der Waals surface area contributed by atoms with Crippen LogP contribution < -0.4 is 5.32 Å². The van der Waals surface area contributed by atoms with Crippen LogP contribution in [0.2, 0.25) is 0 Å². The predicted octanol–water partition coefficient (Wildman–Crippen LogP) is 4.69. The van der Waals surface area contributed by atoms with Crippen LogP contribution in [-0.4, -0.2) is 55.9 Å². The van der Waals surface area contributed by atoms with Gasteiger partial charge in [-0.05, 0) is 34.1 Å². The fourth-order valence-corrected chi connectivity index (χ4v) is 3.82. The van der Waals surface area contributed by atoms with Crippen LogP contribution in [0.5, 0.6) is 0 Å². The van der Waals surface area contributed by atoms with Gasteiger partial charge in [0.1, 0.15) is 0 Å². The SMILES string of the molecule is CS(=O)(=O)c1ccc(NC(=O)C2(F)C(F)(F)C(F)(F)C(F)(F)C(F)(F)C2(F)F)c(Br)c1. The summed E-state index contributed by atoms with van der Waals surface area (Å²) >= 11 is 2.54. The number of hydrogen-bond donors (Lipinski definition) is 1. The molecule has 1 N–H and O–H groups in total. The third-order valence-electron chi connectivity index (χ3n) is 4.37. The highest BCUT2D eigenvalue weighted by Gasteiger charge is 3.02. The fourth-order valence-electron chi connectivity index (χ4n) is 2.54. The molecule has 1 aromatic rings. The minimum Gasteiger partial charge on any atom is -0.322 e. The summed E-state index contributed by atoms with van der Waals surface area (Å²) in [5.41, 5.74) is -7.87. The second-order valence-electron chi connectivity index (χ2n) is 6.40. The first-order valence-corrected chi connectivity index (χ1v) is 10.1. The second kappa shape index (κ2) is 6.68. The van der Waals surface area contributed by atoms with Gasteiger partial charge >= 0.3 is 35.3 Å². The number of alkyl halides is 11. The van der Waals surface area contributed by atoms with Gasteiger partial charge in [0.25, 0.3) is 5.91 Å². The molecule has 1 aliphatic rings. The first kappa shape index (κ1) is 25.6. The molecule has 0 aromatic heterocycles. The molecule has 1 aromatic carbocycles. The van der Waals surface area contributed by atoms with E-state index in [-0.39, 0.29) is 0 Å². The lowest BCUT2D eigenvalue weighted by molar-refractivity contribution is -0.475. The molecular formula is C14H7BrF11NO3S. The van der Waals surface area contributed by atoms with Gasteiger partial charge in [0.05, 0.1) is 10.6 Å². The average molecular weight is 558 g/mol. The number of benzene rings is 1. The molecule has 2 rings (SSSR count). The minimum atomic E-state index is -7.44. The van der Waals surface area contributed by atoms with Crippen LogP contribution in [0.15, 0.2) is 27.6 Å². The largest absolute Gasteiger partial charge is 0.384 e. The van der Waals surface area contributed by atoms with E-state index in [9.17, 15) is 61.5 Å². The lowest BCUT2D eigenvalue weighted by atomic mass is 9.71. The third kappa shape index (κ3) is 2.97. The van der Waals surface area contributed by atoms with Gasteiger partial charge in [0.15, 0.2) is 9.84 Å². The monoisotopic (exact) mass is 557 g/mol. The third-order valence-corrected chi connectivity index (χ3v) is 6.14. The van der Waals surface area contributed by atoms with E-state index >= 15 is 0 Å². The molecule has 0 heterocycles. The highest BCUT2D eigenvalue weighted by molar-refractivity contribution is 9.10. The number of nitrogens with one attached hydrogen (secondary N) is 1. The van der Waals surface area contributed by atoms with E-state index in [1.54, 1.807) is 0 Å². The molecular weight excluding hydrogens is 551 g/mol. The number of sulfone groups is 1. The smallest absolute Gasteiger partial charge is 0.322 e. The average Bonchev–Trinajstić information content (AvgIpc) is 2.59. The first-order chi connectivity index (χ1) is 13.5. The van der Waals surface area contributed by atoms with Crippen LogP contribution >= 0.6 is 15.9 Å². The van der Waals surface area contributed by atoms with Crippen LogP contribution in [0.25, 0.3) is 0 Å². The number of rotatable bonds is 3. The van der Waals surface area contributed by atoms with Crippen LogP contribution in [0.4, 0.5) is 54.0 Å². The summed E-state index contributed by atoms with van der Waals surface area (Å²) in [5.74, 6) is -40.4. The summed E-state index contributed by atoms with van der Waals surface area (Å²) in [7, 11) is -3.92. The lowest BCUT2D eigenvalue weighted by Gasteiger charge is -2.51. The van der Waals surface area contributed by atoms with Crippen molar-refractivity contribution in [3.05, 3.63) is 22.7 Å². The summed E-state index contributed by atoms with van der Waals surface area (Å²) in [6.45, 7) is 0. The maximum Gasteiger partial charge on any atom is 0.384 e. The van der Waals surface area contributed by atoms with Gasteiger partial charge < -0.3 is 5.32 Å². The van der Waals surface area contributed by atoms with Gasteiger partial charge in [-0.2, -0.15) is 43.9 Å². The van der Waals surface area contributed by atoms with Crippen LogP contribution in [0.3, 0.4) is 0 Å². The molecule has 1 saturated carbocycles. The van der Waals surface area contributed by atoms with Gasteiger partial charge in [0, 0.05) is 10.7 Å². The molecule has 0 saturated heterocycles. The van der Waals surface area contributed by atoms with Gasteiger partial charge in [-0.1, -0.05) is 0 Å². The van der Waals surface area contributed by atoms with Crippen molar-refractivity contribution in [3.63, 3.8) is 0 Å². The van der Waals surface area contributed by atoms with E-state index in [2.05, 4.69) is 15.9 Å². The van der Waals surface area contributed by atoms with E-state index in [4.69, 9.17) is 0 Å². The van der Waals surface area contributed by atoms with Crippen LogP contribution in [-0.2, 0) is 14.6 Å². The number of carbonyl (C=O) groups is 1. The Labute approximate surface area is 173 Å². The van der Waals surface area contributed by atoms with E-state index in [1.807, 2.05) is 0 Å². The van der Waals surface area contributed by atoms with Crippen molar-refractivity contribution in [1.29, 1.82) is 0 Å². The summed E-state index contributed by atoms with van der Waals surface area (Å²) in [6, 6.07) is 1.73. The Morgan fingerprint density at radius 3 is 1.55 bits per heavy atom. The van der Waals surface area contributed by atoms with Crippen molar-refractivity contribution in [2.75, 3.05) is 11.6 Å². The standard InChI is InChI=1S/C14H7BrF11NO3S/c1-31(29,30)5-2-3-7(6(15)4-5)27-8(28)9(16)10(17,18)12(21,22)14(25,26)13(23,24)11(9,19)20/h2-4H,1H3,(H,27,28). The Balaban J connectivity index is 2.66. The van der Waals surface area contributed by atoms with E-state index in [0.717, 1.165) is 5.32 Å². The molecule has 0 unspecified atom stereocenters. The molecule has 0 atom stereocenters. The van der Waals surface area contributed by atoms with Crippen molar-refractivity contribution in [3.8, 4) is 0 Å². The minimum absolute atomic E-state index is 0.478. The first-order valence-electron chi connectivity index (χ1n) is 7.41. The summed E-state index contributed by atoms with van der Waals surface area (Å²) in [4.78, 5) is 11.3. The Bertz CT molecular complexity index is 1010. The van der Waals surface area contributed by atoms with Crippen LogP contribution in [0, 0.1) is 0 Å². The quantitative estimate of drug-likeness (QED) is 0.549. The Kier molecular flexibility index (Phi) is 5.52. The van der Waals surface area contributed by atoms with E-state index < -0.39 is 66.1 Å². The van der Waals surface area contributed by atoms with Crippen molar-refractivity contribution >= 4 is 37.4 Å². The Hall–Kier alpha value is -1.65. The number of halogens is 12. The highest BCUT2D eigenvalue weighted by atomic mass is 79.9. The molecule has 17 heteroatoms. The van der Waals surface area contributed by atoms with Crippen molar-refractivity contribution in [2.24, 2.45) is 0 Å². The Morgan fingerprint density at radius 2 is 1.19 bits per heavy atom. The number of amides is 1. The lowest BCUT2D eigenvalue weighted by Crippen LogP contribution is -2.86. The number of carbonyl (C=O) groups excluding carboxylic acids is 1. The van der Waals surface area contributed by atoms with E-state index in [0.29, 0.717) is 24.5 Å². The fraction of sp³-hybridized carbons (Fsp3) is 0.500. The molecule has 0 aliphatic heterocycles. The zero-order chi connectivity index (χ0) is 24.6. The van der Waals surface area contributed by atoms with Crippen LogP contribution in [0.1, 0.15) is 0 Å². The maximum atomic E-state index is 14.6. The highest BCUT2D eigenvalue weighted by Crippen LogP contribution is 2.69. The number of anilines is 1. The molecule has 1 fully saturated rings. The zero-order valence-electron chi connectivity index (χ0n) is 14.4. The van der Waals surface area contributed by atoms with Gasteiger partial charge in [-0.3, -0.25) is 4.79 Å². The second-order valence-corrected chi connectivity index (χ2v) is 9.27. The normalized spacial score (nSPS) is 24.9. The topological polar surface area (TPSA) is 63.2 Å². The molecule has 4 nitrogen and oxygen atoms in total. The summed E-state index contributed by atoms with van der Waals surface area (Å²) < 4.78 is 172. The van der Waals surface area contributed by atoms with E-state index in [1.165, 1.54) is 0 Å². The van der Waals surface area contributed by atoms with Gasteiger partial charge in [-0.25, -0.2) is 12.8 Å². The van der Waals surface area contributed by atoms with Crippen molar-refractivity contribution in [2.45, 2.75) is 40.2 Å². The zero-order valence-corrected chi connectivity index (χ0v) is 16.8. The Morgan fingerprint density at radius 1 is 0.806 bits per heavy atom. The summed E-state index contributed by atoms with van der Waals surface area (Å²) in [5, 5.41) is 0.886. The van der Waals surface area contributed by atoms with Crippen molar-refractivity contribution in [1.82, 2.24) is 0 Å². The van der Waals surface area contributed by atoms with Gasteiger partial charge in [-0.15, -0.1) is 0 Å². The molecule has 1 amide bonds. The number of hydrogen-bond acceptors (Lipinski definition) is 3. The maximum absolute atomic E-state index is 14.6. The predicted molar refractivity (Wildman–Crippen MR) is 84.5 cm³/mol. The molecule has 176 valence electrons. The van der Waals surface area contributed by atoms with Crippen molar-refractivity contribution < 1.29 is 61.5 Å². The molecule has 0 spiro atoms. The summed E-state index contributed by atoms with van der Waals surface area (Å²) in [6.07, 6.45) is 0.678. The molecule has 1 aliphatic carbocycles. The molecule has 0 bridgehead atoms. The van der Waals surface area contributed by atoms with Gasteiger partial charge in [0.2, 0.25) is 0 Å².